The van der Waals surface area contributed by atoms with Crippen molar-refractivity contribution in [1.29, 1.82) is 10.5 Å². The maximum Gasteiger partial charge on any atom is 0.419 e. The monoisotopic (exact) mass is 694 g/mol. The minimum Gasteiger partial charge on any atom is -0.438 e. The fourth-order valence-corrected chi connectivity index (χ4v) is 5.91. The van der Waals surface area contributed by atoms with Crippen LogP contribution in [0.4, 0.5) is 29.7 Å². The van der Waals surface area contributed by atoms with E-state index < -0.39 is 41.4 Å². The van der Waals surface area contributed by atoms with Crippen molar-refractivity contribution in [3.05, 3.63) is 107 Å². The highest BCUT2D eigenvalue weighted by Gasteiger charge is 2.42. The Morgan fingerprint density at radius 2 is 1.24 bits per heavy atom. The number of hydrogen-bond acceptors (Lipinski definition) is 8. The third kappa shape index (κ3) is 7.83. The Morgan fingerprint density at radius 1 is 0.725 bits per heavy atom. The molecule has 4 aromatic carbocycles. The first kappa shape index (κ1) is 36.5. The minimum atomic E-state index is -0.919. The Labute approximate surface area is 294 Å². The molecule has 0 saturated heterocycles. The second kappa shape index (κ2) is 14.6. The number of fused-ring (bicyclic) bond motifs is 2. The highest BCUT2D eigenvalue weighted by Crippen LogP contribution is 2.42. The minimum absolute atomic E-state index is 0.234. The summed E-state index contributed by atoms with van der Waals surface area (Å²) in [7, 11) is 0. The van der Waals surface area contributed by atoms with E-state index in [0.717, 1.165) is 16.7 Å². The molecule has 10 nitrogen and oxygen atoms in total. The van der Waals surface area contributed by atoms with Gasteiger partial charge in [-0.15, -0.1) is 0 Å². The van der Waals surface area contributed by atoms with Gasteiger partial charge < -0.3 is 18.9 Å². The van der Waals surface area contributed by atoms with Gasteiger partial charge in [-0.05, 0) is 124 Å². The van der Waals surface area contributed by atoms with E-state index in [1.54, 1.807) is 64.1 Å². The number of amides is 2. The highest BCUT2D eigenvalue weighted by molar-refractivity contribution is 5.92. The third-order valence-corrected chi connectivity index (χ3v) is 8.25. The molecule has 2 amide bonds. The average molecular weight is 695 g/mol. The third-order valence-electron chi connectivity index (χ3n) is 8.25. The molecule has 262 valence electrons. The van der Waals surface area contributed by atoms with Crippen LogP contribution in [0.15, 0.2) is 72.8 Å². The quantitative estimate of drug-likeness (QED) is 0.189. The van der Waals surface area contributed by atoms with Crippen LogP contribution in [-0.2, 0) is 30.1 Å². The first-order chi connectivity index (χ1) is 24.2. The smallest absolute Gasteiger partial charge is 0.419 e. The van der Waals surface area contributed by atoms with Gasteiger partial charge in [-0.3, -0.25) is 5.32 Å². The maximum atomic E-state index is 13.9. The zero-order valence-electron chi connectivity index (χ0n) is 29.0. The predicted molar refractivity (Wildman–Crippen MR) is 185 cm³/mol. The van der Waals surface area contributed by atoms with Crippen LogP contribution in [0.25, 0.3) is 22.3 Å². The van der Waals surface area contributed by atoms with E-state index in [9.17, 15) is 18.4 Å². The van der Waals surface area contributed by atoms with Gasteiger partial charge in [-0.2, -0.15) is 10.5 Å². The largest absolute Gasteiger partial charge is 0.438 e. The van der Waals surface area contributed by atoms with Crippen LogP contribution in [0.1, 0.15) is 63.8 Å². The van der Waals surface area contributed by atoms with Crippen molar-refractivity contribution >= 4 is 23.6 Å². The molecule has 0 spiro atoms. The van der Waals surface area contributed by atoms with Crippen molar-refractivity contribution in [2.45, 2.75) is 59.2 Å². The van der Waals surface area contributed by atoms with E-state index in [2.05, 4.69) is 5.32 Å². The topological polar surface area (TPSA) is 134 Å². The molecule has 1 N–H and O–H groups in total. The number of nitrogens with one attached hydrogen (secondary N) is 1. The van der Waals surface area contributed by atoms with Crippen molar-refractivity contribution in [1.82, 2.24) is 0 Å². The van der Waals surface area contributed by atoms with Gasteiger partial charge in [0.2, 0.25) is 6.41 Å². The normalized spacial score (nSPS) is 15.2. The Bertz CT molecular complexity index is 2080. The number of carbonyl (C=O) groups excluding carboxylic acids is 2. The summed E-state index contributed by atoms with van der Waals surface area (Å²) >= 11 is 0. The lowest BCUT2D eigenvalue weighted by atomic mass is 9.90. The number of ether oxygens (including phenoxy) is 4. The summed E-state index contributed by atoms with van der Waals surface area (Å²) in [6, 6.07) is 23.0. The summed E-state index contributed by atoms with van der Waals surface area (Å²) in [4.78, 5) is 25.5. The number of halogens is 2. The molecule has 2 aliphatic rings. The van der Waals surface area contributed by atoms with Gasteiger partial charge in [0.15, 0.2) is 0 Å². The van der Waals surface area contributed by atoms with Gasteiger partial charge in [-0.1, -0.05) is 12.1 Å². The molecule has 0 saturated carbocycles. The molecule has 51 heavy (non-hydrogen) atoms. The zero-order valence-corrected chi connectivity index (χ0v) is 29.0. The first-order valence-electron chi connectivity index (χ1n) is 16.2. The molecule has 0 aromatic heterocycles. The summed E-state index contributed by atoms with van der Waals surface area (Å²) in [5, 5.41) is 20.7. The summed E-state index contributed by atoms with van der Waals surface area (Å²) in [5.74, 6) is -0.951. The Kier molecular flexibility index (Phi) is 10.4. The Morgan fingerprint density at radius 3 is 1.76 bits per heavy atom. The Balaban J connectivity index is 0.000000205. The number of anilines is 2. The predicted octanol–water partition coefficient (Wildman–Crippen LogP) is 9.07. The summed E-state index contributed by atoms with van der Waals surface area (Å²) < 4.78 is 49.6. The van der Waals surface area contributed by atoms with Crippen LogP contribution in [0.2, 0.25) is 0 Å². The van der Waals surface area contributed by atoms with E-state index in [0.29, 0.717) is 41.3 Å². The molecule has 0 unspecified atom stereocenters. The van der Waals surface area contributed by atoms with Gasteiger partial charge in [0.25, 0.3) is 0 Å². The number of benzene rings is 4. The molecular weight excluding hydrogens is 658 g/mol. The molecule has 4 aromatic rings. The molecule has 0 fully saturated rings. The number of nitriles is 2. The van der Waals surface area contributed by atoms with E-state index in [1.807, 2.05) is 38.1 Å². The van der Waals surface area contributed by atoms with E-state index in [4.69, 9.17) is 29.5 Å². The number of nitrogens with zero attached hydrogens (tertiary/aromatic N) is 3. The van der Waals surface area contributed by atoms with E-state index in [1.165, 1.54) is 29.2 Å². The number of rotatable bonds is 7. The molecule has 12 heteroatoms. The number of carbonyl (C=O) groups is 2. The van der Waals surface area contributed by atoms with Gasteiger partial charge in [0.1, 0.15) is 22.8 Å². The second-order valence-corrected chi connectivity index (χ2v) is 12.7. The fraction of sp³-hybridized carbons (Fsp3) is 0.282. The van der Waals surface area contributed by atoms with E-state index in [-0.39, 0.29) is 11.1 Å². The average Bonchev–Trinajstić information content (AvgIpc) is 3.07. The fourth-order valence-electron chi connectivity index (χ4n) is 5.91. The number of hydrogen-bond donors (Lipinski definition) is 1. The van der Waals surface area contributed by atoms with Gasteiger partial charge >= 0.3 is 12.2 Å². The van der Waals surface area contributed by atoms with Crippen LogP contribution < -0.4 is 10.2 Å². The van der Waals surface area contributed by atoms with Crippen LogP contribution in [-0.4, -0.2) is 31.8 Å². The zero-order chi connectivity index (χ0) is 37.1. The van der Waals surface area contributed by atoms with Crippen LogP contribution in [0.3, 0.4) is 0 Å². The van der Waals surface area contributed by atoms with Crippen LogP contribution in [0.5, 0.6) is 0 Å². The van der Waals surface area contributed by atoms with Crippen molar-refractivity contribution in [3.63, 3.8) is 0 Å². The lowest BCUT2D eigenvalue weighted by Crippen LogP contribution is -2.50. The molecule has 0 atom stereocenters. The standard InChI is InChI=1S/C22H23FN2O4.C17H13FN2O2/c1-5-27-21(28-6-2)25-19-8-7-15(12-18(19)22(3,4)29-20(25)26)16-9-14(13-24)10-17(23)11-16;1-17(2)14-8-11(3-4-15(14)20-16(21)22-17)12-5-10(9-19)6-13(18)7-12/h7-12,21H,5-6H2,1-4H3;3-8H,1-2H3,(H,20,21). The van der Waals surface area contributed by atoms with Crippen LogP contribution in [0, 0.1) is 34.3 Å². The summed E-state index contributed by atoms with van der Waals surface area (Å²) in [6.45, 7) is 11.5. The van der Waals surface area contributed by atoms with Crippen molar-refractivity contribution < 1.29 is 37.3 Å². The highest BCUT2D eigenvalue weighted by atomic mass is 19.1. The molecular formula is C39H36F2N4O6. The second-order valence-electron chi connectivity index (χ2n) is 12.7. The molecule has 2 heterocycles. The van der Waals surface area contributed by atoms with E-state index >= 15 is 0 Å². The SMILES string of the molecule is CC1(C)OC(=O)Nc2ccc(-c3cc(F)cc(C#N)c3)cc21.CCOC(OCC)N1C(=O)OC(C)(C)c2cc(-c3cc(F)cc(C#N)c3)ccc21. The first-order valence-corrected chi connectivity index (χ1v) is 16.2. The van der Waals surface area contributed by atoms with Gasteiger partial charge in [0.05, 0.1) is 34.6 Å². The summed E-state index contributed by atoms with van der Waals surface area (Å²) in [5.41, 5.74) is 4.22. The van der Waals surface area contributed by atoms with Gasteiger partial charge in [0, 0.05) is 24.3 Å². The molecule has 0 radical (unpaired) electrons. The molecule has 2 aliphatic heterocycles. The molecule has 0 aliphatic carbocycles. The van der Waals surface area contributed by atoms with Gasteiger partial charge in [-0.25, -0.2) is 23.3 Å². The van der Waals surface area contributed by atoms with Crippen LogP contribution >= 0.6 is 0 Å². The Hall–Kier alpha value is -5.82. The van der Waals surface area contributed by atoms with Crippen molar-refractivity contribution in [2.24, 2.45) is 0 Å². The molecule has 6 rings (SSSR count). The van der Waals surface area contributed by atoms with Crippen molar-refractivity contribution in [2.75, 3.05) is 23.4 Å². The lowest BCUT2D eigenvalue weighted by molar-refractivity contribution is -0.137. The van der Waals surface area contributed by atoms with Crippen molar-refractivity contribution in [3.8, 4) is 34.4 Å². The summed E-state index contributed by atoms with van der Waals surface area (Å²) in [6.07, 6.45) is -1.99. The number of cyclic esters (lactones) is 2. The maximum absolute atomic E-state index is 13.9. The molecule has 0 bridgehead atoms. The lowest BCUT2D eigenvalue weighted by Gasteiger charge is -2.41.